The summed E-state index contributed by atoms with van der Waals surface area (Å²) in [5.41, 5.74) is 1.65. The van der Waals surface area contributed by atoms with Crippen molar-refractivity contribution in [3.63, 3.8) is 0 Å². The Morgan fingerprint density at radius 1 is 1.43 bits per heavy atom. The Morgan fingerprint density at radius 2 is 2.14 bits per heavy atom. The molecule has 21 heavy (non-hydrogen) atoms. The average molecular weight is 374 g/mol. The minimum atomic E-state index is -0.281. The summed E-state index contributed by atoms with van der Waals surface area (Å²) >= 11 is 9.53. The summed E-state index contributed by atoms with van der Waals surface area (Å²) in [6.45, 7) is 2.83. The molecule has 2 nitrogen and oxygen atoms in total. The maximum Gasteiger partial charge on any atom is 0.139 e. The molecule has 1 aliphatic carbocycles. The van der Waals surface area contributed by atoms with Crippen LogP contribution < -0.4 is 0 Å². The van der Waals surface area contributed by atoms with Crippen LogP contribution in [0.4, 0.5) is 4.39 Å². The van der Waals surface area contributed by atoms with Crippen molar-refractivity contribution in [2.24, 2.45) is 5.92 Å². The van der Waals surface area contributed by atoms with Crippen molar-refractivity contribution in [1.29, 1.82) is 0 Å². The van der Waals surface area contributed by atoms with Gasteiger partial charge in [0.25, 0.3) is 0 Å². The predicted molar refractivity (Wildman–Crippen MR) is 88.2 cm³/mol. The highest BCUT2D eigenvalue weighted by atomic mass is 79.9. The van der Waals surface area contributed by atoms with E-state index in [1.807, 2.05) is 13.0 Å². The Labute approximate surface area is 137 Å². The van der Waals surface area contributed by atoms with Crippen LogP contribution >= 0.6 is 27.5 Å². The second-order valence-electron chi connectivity index (χ2n) is 5.93. The van der Waals surface area contributed by atoms with Crippen LogP contribution in [0.3, 0.4) is 0 Å². The number of aryl methyl sites for hydroxylation is 1. The van der Waals surface area contributed by atoms with Crippen molar-refractivity contribution in [3.05, 3.63) is 28.2 Å². The molecule has 0 saturated heterocycles. The van der Waals surface area contributed by atoms with Gasteiger partial charge in [0, 0.05) is 12.6 Å². The van der Waals surface area contributed by atoms with E-state index in [0.29, 0.717) is 9.99 Å². The highest BCUT2D eigenvalue weighted by Crippen LogP contribution is 2.32. The summed E-state index contributed by atoms with van der Waals surface area (Å²) < 4.78 is 16.3. The van der Waals surface area contributed by atoms with Crippen LogP contribution in [0.2, 0.25) is 0 Å². The molecule has 1 atom stereocenters. The molecule has 1 aromatic heterocycles. The third kappa shape index (κ3) is 3.11. The lowest BCUT2D eigenvalue weighted by Gasteiger charge is -2.14. The Bertz CT molecular complexity index is 647. The molecule has 2 aromatic rings. The molecule has 1 unspecified atom stereocenters. The molecule has 0 spiro atoms. The Kier molecular flexibility index (Phi) is 4.55. The number of rotatable bonds is 4. The molecule has 0 amide bonds. The molecule has 1 heterocycles. The van der Waals surface area contributed by atoms with Gasteiger partial charge in [0.2, 0.25) is 0 Å². The molecule has 1 aromatic carbocycles. The summed E-state index contributed by atoms with van der Waals surface area (Å²) in [5.74, 6) is 1.36. The number of halogens is 3. The van der Waals surface area contributed by atoms with Crippen LogP contribution in [0.1, 0.15) is 50.2 Å². The fourth-order valence-corrected chi connectivity index (χ4v) is 3.79. The zero-order valence-electron chi connectivity index (χ0n) is 12.1. The molecule has 0 N–H and O–H groups in total. The van der Waals surface area contributed by atoms with Crippen molar-refractivity contribution < 1.29 is 4.39 Å². The van der Waals surface area contributed by atoms with E-state index in [1.54, 1.807) is 0 Å². The molecule has 0 bridgehead atoms. The van der Waals surface area contributed by atoms with E-state index in [2.05, 4.69) is 25.5 Å². The first-order valence-electron chi connectivity index (χ1n) is 7.55. The minimum Gasteiger partial charge on any atom is -0.327 e. The summed E-state index contributed by atoms with van der Waals surface area (Å²) in [5, 5.41) is -0.178. The van der Waals surface area contributed by atoms with Gasteiger partial charge in [0.1, 0.15) is 11.6 Å². The molecule has 114 valence electrons. The first-order valence-corrected chi connectivity index (χ1v) is 8.78. The van der Waals surface area contributed by atoms with E-state index in [-0.39, 0.29) is 11.2 Å². The highest BCUT2D eigenvalue weighted by Gasteiger charge is 2.19. The van der Waals surface area contributed by atoms with Crippen LogP contribution in [0.25, 0.3) is 11.0 Å². The van der Waals surface area contributed by atoms with Gasteiger partial charge in [-0.1, -0.05) is 25.7 Å². The largest absolute Gasteiger partial charge is 0.327 e. The van der Waals surface area contributed by atoms with Crippen molar-refractivity contribution in [2.75, 3.05) is 0 Å². The summed E-state index contributed by atoms with van der Waals surface area (Å²) in [4.78, 5) is 4.53. The smallest absolute Gasteiger partial charge is 0.139 e. The van der Waals surface area contributed by atoms with E-state index in [1.165, 1.54) is 31.7 Å². The maximum absolute atomic E-state index is 13.7. The van der Waals surface area contributed by atoms with Gasteiger partial charge in [-0.15, -0.1) is 11.6 Å². The fourth-order valence-electron chi connectivity index (χ4n) is 3.29. The number of aromatic nitrogens is 2. The monoisotopic (exact) mass is 372 g/mol. The van der Waals surface area contributed by atoms with E-state index in [9.17, 15) is 4.39 Å². The first kappa shape index (κ1) is 15.3. The third-order valence-corrected chi connectivity index (χ3v) is 5.21. The van der Waals surface area contributed by atoms with Crippen molar-refractivity contribution >= 4 is 38.6 Å². The van der Waals surface area contributed by atoms with Crippen LogP contribution in [0.15, 0.2) is 16.6 Å². The normalized spacial score (nSPS) is 17.7. The lowest BCUT2D eigenvalue weighted by Crippen LogP contribution is -2.08. The second-order valence-corrected chi connectivity index (χ2v) is 7.44. The van der Waals surface area contributed by atoms with E-state index in [4.69, 9.17) is 11.6 Å². The van der Waals surface area contributed by atoms with Gasteiger partial charge in [0.05, 0.1) is 20.9 Å². The van der Waals surface area contributed by atoms with Gasteiger partial charge in [-0.3, -0.25) is 0 Å². The number of hydrogen-bond donors (Lipinski definition) is 0. The summed E-state index contributed by atoms with van der Waals surface area (Å²) in [7, 11) is 0. The Balaban J connectivity index is 1.96. The molecule has 3 rings (SSSR count). The number of nitrogens with zero attached hydrogens (tertiary/aromatic N) is 2. The van der Waals surface area contributed by atoms with Crippen LogP contribution in [-0.2, 0) is 6.54 Å². The quantitative estimate of drug-likeness (QED) is 0.618. The molecule has 0 aliphatic heterocycles. The average Bonchev–Trinajstić information content (AvgIpc) is 3.05. The van der Waals surface area contributed by atoms with Gasteiger partial charge in [-0.25, -0.2) is 9.37 Å². The van der Waals surface area contributed by atoms with Gasteiger partial charge >= 0.3 is 0 Å². The van der Waals surface area contributed by atoms with Gasteiger partial charge in [-0.2, -0.15) is 0 Å². The third-order valence-electron chi connectivity index (χ3n) is 4.41. The molecule has 1 fully saturated rings. The van der Waals surface area contributed by atoms with Gasteiger partial charge in [0.15, 0.2) is 0 Å². The van der Waals surface area contributed by atoms with E-state index >= 15 is 0 Å². The van der Waals surface area contributed by atoms with Crippen LogP contribution in [0, 0.1) is 11.7 Å². The summed E-state index contributed by atoms with van der Waals surface area (Å²) in [6.07, 6.45) is 6.51. The number of alkyl halides is 1. The number of fused-ring (bicyclic) bond motifs is 1. The zero-order chi connectivity index (χ0) is 15.0. The standard InChI is InChI=1S/C16H19BrClFN2/c1-10(18)16-20-14-9-13(19)12(17)8-15(14)21(16)7-6-11-4-2-3-5-11/h8-11H,2-7H2,1H3. The molecular weight excluding hydrogens is 355 g/mol. The fraction of sp³-hybridized carbons (Fsp3) is 0.562. The lowest BCUT2D eigenvalue weighted by molar-refractivity contribution is 0.456. The topological polar surface area (TPSA) is 17.8 Å². The number of hydrogen-bond acceptors (Lipinski definition) is 1. The van der Waals surface area contributed by atoms with Gasteiger partial charge in [-0.05, 0) is 41.3 Å². The predicted octanol–water partition coefficient (Wildman–Crippen LogP) is 5.82. The molecule has 5 heteroatoms. The van der Waals surface area contributed by atoms with Crippen molar-refractivity contribution in [3.8, 4) is 0 Å². The molecular formula is C16H19BrClFN2. The van der Waals surface area contributed by atoms with E-state index < -0.39 is 0 Å². The maximum atomic E-state index is 13.7. The van der Waals surface area contributed by atoms with Crippen LogP contribution in [-0.4, -0.2) is 9.55 Å². The Hall–Kier alpha value is -0.610. The zero-order valence-corrected chi connectivity index (χ0v) is 14.4. The van der Waals surface area contributed by atoms with Crippen molar-refractivity contribution in [2.45, 2.75) is 50.9 Å². The molecule has 0 radical (unpaired) electrons. The minimum absolute atomic E-state index is 0.178. The summed E-state index contributed by atoms with van der Waals surface area (Å²) in [6, 6.07) is 3.29. The number of benzene rings is 1. The Morgan fingerprint density at radius 3 is 2.81 bits per heavy atom. The second kappa shape index (κ2) is 6.25. The number of imidazole rings is 1. The lowest BCUT2D eigenvalue weighted by atomic mass is 10.0. The highest BCUT2D eigenvalue weighted by molar-refractivity contribution is 9.10. The van der Waals surface area contributed by atoms with Crippen LogP contribution in [0.5, 0.6) is 0 Å². The first-order chi connectivity index (χ1) is 10.1. The van der Waals surface area contributed by atoms with E-state index in [0.717, 1.165) is 30.2 Å². The van der Waals surface area contributed by atoms with Gasteiger partial charge < -0.3 is 4.57 Å². The SMILES string of the molecule is CC(Cl)c1nc2cc(F)c(Br)cc2n1CCC1CCCC1. The molecule has 1 saturated carbocycles. The molecule has 1 aliphatic rings. The van der Waals surface area contributed by atoms with Crippen molar-refractivity contribution in [1.82, 2.24) is 9.55 Å².